The average molecular weight is 460 g/mol. The van der Waals surface area contributed by atoms with Gasteiger partial charge in [-0.25, -0.2) is 4.68 Å². The molecule has 1 N–H and O–H groups in total. The molecule has 2 heterocycles. The molecule has 0 fully saturated rings. The van der Waals surface area contributed by atoms with Gasteiger partial charge >= 0.3 is 0 Å². The smallest absolute Gasteiger partial charge is 0.251 e. The summed E-state index contributed by atoms with van der Waals surface area (Å²) in [5, 5.41) is 11.3. The van der Waals surface area contributed by atoms with Gasteiger partial charge in [0, 0.05) is 12.2 Å². The lowest BCUT2D eigenvalue weighted by Gasteiger charge is -2.30. The second kappa shape index (κ2) is 10.3. The van der Waals surface area contributed by atoms with Crippen LogP contribution in [0.3, 0.4) is 0 Å². The Morgan fingerprint density at radius 3 is 2.65 bits per heavy atom. The van der Waals surface area contributed by atoms with Crippen LogP contribution in [0.5, 0.6) is 0 Å². The lowest BCUT2D eigenvalue weighted by Crippen LogP contribution is -2.45. The number of aromatic nitrogens is 3. The van der Waals surface area contributed by atoms with Gasteiger partial charge in [-0.1, -0.05) is 43.3 Å². The van der Waals surface area contributed by atoms with E-state index < -0.39 is 6.04 Å². The van der Waals surface area contributed by atoms with E-state index in [-0.39, 0.29) is 18.4 Å². The van der Waals surface area contributed by atoms with E-state index in [0.717, 1.165) is 17.5 Å². The average Bonchev–Trinajstić information content (AvgIpc) is 3.47. The van der Waals surface area contributed by atoms with Crippen LogP contribution in [0.25, 0.3) is 11.0 Å². The normalized spacial score (nSPS) is 12.1. The molecule has 8 nitrogen and oxygen atoms in total. The van der Waals surface area contributed by atoms with Crippen LogP contribution in [-0.4, -0.2) is 33.4 Å². The lowest BCUT2D eigenvalue weighted by atomic mass is 10.1. The molecule has 4 rings (SSSR count). The number of hydrogen-bond acceptors (Lipinski definition) is 5. The number of nitrogens with one attached hydrogen (secondary N) is 1. The predicted molar refractivity (Wildman–Crippen MR) is 130 cm³/mol. The van der Waals surface area contributed by atoms with Crippen LogP contribution < -0.4 is 10.2 Å². The molecule has 1 atom stereocenters. The number of benzene rings is 2. The van der Waals surface area contributed by atoms with Gasteiger partial charge in [0.15, 0.2) is 6.04 Å². The zero-order valence-corrected chi connectivity index (χ0v) is 19.6. The van der Waals surface area contributed by atoms with Crippen molar-refractivity contribution in [1.29, 1.82) is 0 Å². The summed E-state index contributed by atoms with van der Waals surface area (Å²) in [4.78, 5) is 28.7. The largest absolute Gasteiger partial charge is 0.467 e. The maximum atomic E-state index is 13.8. The maximum absolute atomic E-state index is 13.8. The highest BCUT2D eigenvalue weighted by atomic mass is 16.3. The first kappa shape index (κ1) is 23.2. The Morgan fingerprint density at radius 2 is 1.91 bits per heavy atom. The first-order chi connectivity index (χ1) is 16.4. The summed E-state index contributed by atoms with van der Waals surface area (Å²) < 4.78 is 7.19. The summed E-state index contributed by atoms with van der Waals surface area (Å²) in [6, 6.07) is 17.4. The quantitative estimate of drug-likeness (QED) is 0.403. The van der Waals surface area contributed by atoms with Crippen molar-refractivity contribution in [2.24, 2.45) is 5.92 Å². The second-order valence-corrected chi connectivity index (χ2v) is 8.73. The number of hydrogen-bond donors (Lipinski definition) is 1. The van der Waals surface area contributed by atoms with Crippen LogP contribution in [0.2, 0.25) is 0 Å². The molecule has 0 aliphatic carbocycles. The second-order valence-electron chi connectivity index (χ2n) is 8.73. The van der Waals surface area contributed by atoms with Gasteiger partial charge in [0.25, 0.3) is 5.91 Å². The molecule has 0 saturated carbocycles. The molecule has 2 aromatic heterocycles. The van der Waals surface area contributed by atoms with Gasteiger partial charge in [-0.05, 0) is 61.2 Å². The Hall–Kier alpha value is -3.94. The third-order valence-corrected chi connectivity index (χ3v) is 5.59. The number of fused-ring (bicyclic) bond motifs is 1. The number of carbonyl (C=O) groups excluding carboxylic acids is 2. The molecule has 0 aliphatic rings. The van der Waals surface area contributed by atoms with Crippen LogP contribution in [0, 0.1) is 12.8 Å². The van der Waals surface area contributed by atoms with Gasteiger partial charge in [-0.15, -0.1) is 5.10 Å². The topological polar surface area (TPSA) is 93.3 Å². The Bertz CT molecular complexity index is 1260. The number of para-hydroxylation sites is 1. The third kappa shape index (κ3) is 5.17. The van der Waals surface area contributed by atoms with Gasteiger partial charge in [0.05, 0.1) is 11.8 Å². The van der Waals surface area contributed by atoms with Crippen LogP contribution >= 0.6 is 0 Å². The van der Waals surface area contributed by atoms with Crippen molar-refractivity contribution in [2.45, 2.75) is 39.8 Å². The molecule has 4 aromatic rings. The molecule has 0 bridgehead atoms. The molecule has 2 aromatic carbocycles. The summed E-state index contributed by atoms with van der Waals surface area (Å²) in [5.41, 5.74) is 3.03. The summed E-state index contributed by atoms with van der Waals surface area (Å²) in [6.45, 7) is 6.58. The fraction of sp³-hybridized carbons (Fsp3) is 0.308. The highest BCUT2D eigenvalue weighted by Gasteiger charge is 2.35. The number of nitrogens with zero attached hydrogens (tertiary/aromatic N) is 4. The maximum Gasteiger partial charge on any atom is 0.251 e. The van der Waals surface area contributed by atoms with Crippen molar-refractivity contribution in [3.05, 3.63) is 78.3 Å². The molecule has 176 valence electrons. The predicted octanol–water partition coefficient (Wildman–Crippen LogP) is 4.27. The van der Waals surface area contributed by atoms with Crippen molar-refractivity contribution in [2.75, 3.05) is 11.4 Å². The molecule has 0 spiro atoms. The van der Waals surface area contributed by atoms with E-state index >= 15 is 0 Å². The molecule has 0 aliphatic heterocycles. The van der Waals surface area contributed by atoms with Crippen LogP contribution in [0.4, 0.5) is 5.69 Å². The van der Waals surface area contributed by atoms with Crippen molar-refractivity contribution in [3.63, 3.8) is 0 Å². The zero-order chi connectivity index (χ0) is 24.1. The number of carbonyl (C=O) groups is 2. The van der Waals surface area contributed by atoms with E-state index in [1.54, 1.807) is 16.8 Å². The van der Waals surface area contributed by atoms with Crippen molar-refractivity contribution in [1.82, 2.24) is 20.3 Å². The Labute approximate surface area is 198 Å². The molecule has 0 saturated heterocycles. The molecule has 34 heavy (non-hydrogen) atoms. The van der Waals surface area contributed by atoms with Gasteiger partial charge < -0.3 is 9.73 Å². The highest BCUT2D eigenvalue weighted by Crippen LogP contribution is 2.29. The van der Waals surface area contributed by atoms with E-state index in [4.69, 9.17) is 4.42 Å². The van der Waals surface area contributed by atoms with E-state index in [0.29, 0.717) is 29.4 Å². The zero-order valence-electron chi connectivity index (χ0n) is 19.6. The number of aryl methyl sites for hydroxylation is 1. The van der Waals surface area contributed by atoms with Crippen molar-refractivity contribution < 1.29 is 14.0 Å². The Morgan fingerprint density at radius 1 is 1.09 bits per heavy atom. The minimum Gasteiger partial charge on any atom is -0.467 e. The summed E-state index contributed by atoms with van der Waals surface area (Å²) in [6.07, 6.45) is 2.34. The van der Waals surface area contributed by atoms with E-state index in [2.05, 4.69) is 29.5 Å². The van der Waals surface area contributed by atoms with E-state index in [1.807, 2.05) is 55.5 Å². The summed E-state index contributed by atoms with van der Waals surface area (Å²) in [5.74, 6) is 0.230. The first-order valence-electron chi connectivity index (χ1n) is 11.4. The highest BCUT2D eigenvalue weighted by molar-refractivity contribution is 6.01. The Balaban J connectivity index is 1.72. The van der Waals surface area contributed by atoms with E-state index in [9.17, 15) is 9.59 Å². The molecule has 8 heteroatoms. The van der Waals surface area contributed by atoms with Gasteiger partial charge in [0.1, 0.15) is 17.8 Å². The molecular formula is C26H29N5O3. The monoisotopic (exact) mass is 459 g/mol. The van der Waals surface area contributed by atoms with Crippen molar-refractivity contribution in [3.8, 4) is 0 Å². The third-order valence-electron chi connectivity index (χ3n) is 5.59. The first-order valence-corrected chi connectivity index (χ1v) is 11.4. The Kier molecular flexibility index (Phi) is 7.06. The number of furan rings is 1. The van der Waals surface area contributed by atoms with Crippen LogP contribution in [-0.2, 0) is 16.1 Å². The molecule has 1 unspecified atom stereocenters. The fourth-order valence-electron chi connectivity index (χ4n) is 3.85. The molecular weight excluding hydrogens is 430 g/mol. The summed E-state index contributed by atoms with van der Waals surface area (Å²) >= 11 is 0. The minimum atomic E-state index is -0.966. The fourth-order valence-corrected chi connectivity index (χ4v) is 3.85. The van der Waals surface area contributed by atoms with Gasteiger partial charge in [-0.2, -0.15) is 0 Å². The summed E-state index contributed by atoms with van der Waals surface area (Å²) in [7, 11) is 0. The number of amides is 2. The lowest BCUT2D eigenvalue weighted by molar-refractivity contribution is -0.127. The van der Waals surface area contributed by atoms with Crippen LogP contribution in [0.1, 0.15) is 37.6 Å². The van der Waals surface area contributed by atoms with Crippen LogP contribution in [0.15, 0.2) is 71.3 Å². The number of anilines is 1. The standard InChI is InChI=1S/C26H29N5O3/c1-18(2)13-14-27-26(33)25(23-12-7-15-34-23)31(20-9-6-8-19(3)16-20)24(32)17-30-22-11-5-4-10-21(22)28-29-30/h4-12,15-16,18,25H,13-14,17H2,1-3H3,(H,27,33). The minimum absolute atomic E-state index is 0.0784. The van der Waals surface area contributed by atoms with Crippen molar-refractivity contribution >= 4 is 28.5 Å². The number of rotatable bonds is 9. The van der Waals surface area contributed by atoms with E-state index in [1.165, 1.54) is 11.2 Å². The SMILES string of the molecule is Cc1cccc(N(C(=O)Cn2nnc3ccccc32)C(C(=O)NCCC(C)C)c2ccco2)c1. The molecule has 0 radical (unpaired) electrons. The molecule has 2 amide bonds. The van der Waals surface area contributed by atoms with Gasteiger partial charge in [0.2, 0.25) is 5.91 Å². The van der Waals surface area contributed by atoms with Gasteiger partial charge in [-0.3, -0.25) is 14.5 Å².